The monoisotopic (exact) mass is 259 g/mol. The first-order valence-electron chi connectivity index (χ1n) is 5.97. The molecule has 0 aliphatic rings. The van der Waals surface area contributed by atoms with Gasteiger partial charge in [0.1, 0.15) is 24.0 Å². The van der Waals surface area contributed by atoms with Gasteiger partial charge in [0.05, 0.1) is 6.54 Å². The fourth-order valence-corrected chi connectivity index (χ4v) is 1.63. The van der Waals surface area contributed by atoms with Gasteiger partial charge in [0, 0.05) is 6.07 Å². The quantitative estimate of drug-likeness (QED) is 0.703. The van der Waals surface area contributed by atoms with Crippen molar-refractivity contribution in [2.24, 2.45) is 0 Å². The standard InChI is InChI=1S/C13H17N5O/c1-9-3-2-4-10(7-9)19-6-5-16-12-8-11(14)17-13(15)18-12/h2-4,7-8H,5-6H2,1H3,(H5,14,15,16,17,18). The average molecular weight is 259 g/mol. The van der Waals surface area contributed by atoms with Gasteiger partial charge in [-0.25, -0.2) is 0 Å². The molecule has 0 fully saturated rings. The van der Waals surface area contributed by atoms with E-state index in [4.69, 9.17) is 16.2 Å². The first-order chi connectivity index (χ1) is 9.13. The van der Waals surface area contributed by atoms with Gasteiger partial charge >= 0.3 is 0 Å². The van der Waals surface area contributed by atoms with Crippen molar-refractivity contribution in [2.75, 3.05) is 29.9 Å². The summed E-state index contributed by atoms with van der Waals surface area (Å²) in [5.74, 6) is 1.94. The van der Waals surface area contributed by atoms with Crippen molar-refractivity contribution in [1.29, 1.82) is 0 Å². The fourth-order valence-electron chi connectivity index (χ4n) is 1.63. The third kappa shape index (κ3) is 4.02. The molecular weight excluding hydrogens is 242 g/mol. The predicted molar refractivity (Wildman–Crippen MR) is 76.0 cm³/mol. The highest BCUT2D eigenvalue weighted by molar-refractivity contribution is 5.48. The zero-order chi connectivity index (χ0) is 13.7. The van der Waals surface area contributed by atoms with Gasteiger partial charge in [-0.2, -0.15) is 9.97 Å². The highest BCUT2D eigenvalue weighted by Crippen LogP contribution is 2.12. The summed E-state index contributed by atoms with van der Waals surface area (Å²) in [6, 6.07) is 9.53. The molecule has 6 nitrogen and oxygen atoms in total. The van der Waals surface area contributed by atoms with Crippen LogP contribution in [0.4, 0.5) is 17.6 Å². The second kappa shape index (κ2) is 5.90. The molecule has 2 aromatic rings. The number of benzene rings is 1. The molecular formula is C13H17N5O. The molecule has 0 amide bonds. The van der Waals surface area contributed by atoms with Crippen LogP contribution in [0.15, 0.2) is 30.3 Å². The second-order valence-corrected chi connectivity index (χ2v) is 4.13. The Morgan fingerprint density at radius 3 is 2.79 bits per heavy atom. The normalized spacial score (nSPS) is 10.2. The van der Waals surface area contributed by atoms with Gasteiger partial charge in [0.15, 0.2) is 0 Å². The Labute approximate surface area is 111 Å². The van der Waals surface area contributed by atoms with Gasteiger partial charge < -0.3 is 21.5 Å². The highest BCUT2D eigenvalue weighted by Gasteiger charge is 1.99. The lowest BCUT2D eigenvalue weighted by Crippen LogP contribution is -2.13. The number of nitrogens with two attached hydrogens (primary N) is 2. The molecule has 0 aliphatic carbocycles. The molecule has 0 spiro atoms. The zero-order valence-electron chi connectivity index (χ0n) is 10.8. The number of nitrogen functional groups attached to an aromatic ring is 2. The van der Waals surface area contributed by atoms with E-state index in [9.17, 15) is 0 Å². The minimum absolute atomic E-state index is 0.155. The SMILES string of the molecule is Cc1cccc(OCCNc2cc(N)nc(N)n2)c1. The van der Waals surface area contributed by atoms with Crippen LogP contribution in [0.2, 0.25) is 0 Å². The van der Waals surface area contributed by atoms with Crippen LogP contribution in [0.3, 0.4) is 0 Å². The topological polar surface area (TPSA) is 99.1 Å². The number of aromatic nitrogens is 2. The Bertz CT molecular complexity index is 538. The van der Waals surface area contributed by atoms with Crippen molar-refractivity contribution < 1.29 is 4.74 Å². The van der Waals surface area contributed by atoms with Gasteiger partial charge in [0.2, 0.25) is 5.95 Å². The number of rotatable bonds is 5. The first kappa shape index (κ1) is 12.9. The van der Waals surface area contributed by atoms with Crippen molar-refractivity contribution >= 4 is 17.6 Å². The van der Waals surface area contributed by atoms with E-state index in [1.165, 1.54) is 5.56 Å². The maximum Gasteiger partial charge on any atom is 0.223 e. The summed E-state index contributed by atoms with van der Waals surface area (Å²) in [4.78, 5) is 7.81. The van der Waals surface area contributed by atoms with E-state index in [1.54, 1.807) is 6.07 Å². The van der Waals surface area contributed by atoms with Crippen molar-refractivity contribution in [3.8, 4) is 5.75 Å². The van der Waals surface area contributed by atoms with Crippen molar-refractivity contribution in [3.05, 3.63) is 35.9 Å². The minimum Gasteiger partial charge on any atom is -0.492 e. The molecule has 0 aliphatic heterocycles. The van der Waals surface area contributed by atoms with Crippen molar-refractivity contribution in [1.82, 2.24) is 9.97 Å². The molecule has 19 heavy (non-hydrogen) atoms. The number of hydrogen-bond donors (Lipinski definition) is 3. The Hall–Kier alpha value is -2.50. The number of aryl methyl sites for hydroxylation is 1. The van der Waals surface area contributed by atoms with Crippen molar-refractivity contribution in [3.63, 3.8) is 0 Å². The lowest BCUT2D eigenvalue weighted by molar-refractivity contribution is 0.332. The second-order valence-electron chi connectivity index (χ2n) is 4.13. The van der Waals surface area contributed by atoms with Crippen LogP contribution >= 0.6 is 0 Å². The zero-order valence-corrected chi connectivity index (χ0v) is 10.8. The molecule has 0 radical (unpaired) electrons. The van der Waals surface area contributed by atoms with Crippen LogP contribution < -0.4 is 21.5 Å². The van der Waals surface area contributed by atoms with Crippen LogP contribution in [0.5, 0.6) is 5.75 Å². The van der Waals surface area contributed by atoms with Crippen LogP contribution in [-0.4, -0.2) is 23.1 Å². The Kier molecular flexibility index (Phi) is 4.02. The maximum atomic E-state index is 5.60. The molecule has 100 valence electrons. The number of hydrogen-bond acceptors (Lipinski definition) is 6. The summed E-state index contributed by atoms with van der Waals surface area (Å²) >= 11 is 0. The molecule has 2 rings (SSSR count). The molecule has 1 heterocycles. The van der Waals surface area contributed by atoms with Gasteiger partial charge in [-0.15, -0.1) is 0 Å². The van der Waals surface area contributed by atoms with Gasteiger partial charge in [-0.3, -0.25) is 0 Å². The first-order valence-corrected chi connectivity index (χ1v) is 5.97. The van der Waals surface area contributed by atoms with Crippen LogP contribution in [0.1, 0.15) is 5.56 Å². The van der Waals surface area contributed by atoms with E-state index in [1.807, 2.05) is 31.2 Å². The average Bonchev–Trinajstić information content (AvgIpc) is 2.34. The van der Waals surface area contributed by atoms with Crippen LogP contribution in [-0.2, 0) is 0 Å². The smallest absolute Gasteiger partial charge is 0.223 e. The Morgan fingerprint density at radius 1 is 1.21 bits per heavy atom. The van der Waals surface area contributed by atoms with E-state index < -0.39 is 0 Å². The summed E-state index contributed by atoms with van der Waals surface area (Å²) in [5, 5.41) is 3.08. The molecule has 6 heteroatoms. The van der Waals surface area contributed by atoms with E-state index in [-0.39, 0.29) is 5.95 Å². The van der Waals surface area contributed by atoms with Crippen LogP contribution in [0.25, 0.3) is 0 Å². The summed E-state index contributed by atoms with van der Waals surface area (Å²) < 4.78 is 5.60. The molecule has 0 atom stereocenters. The van der Waals surface area contributed by atoms with Gasteiger partial charge in [-0.1, -0.05) is 12.1 Å². The minimum atomic E-state index is 0.155. The molecule has 0 bridgehead atoms. The maximum absolute atomic E-state index is 5.60. The molecule has 0 saturated heterocycles. The lowest BCUT2D eigenvalue weighted by Gasteiger charge is -2.09. The number of nitrogens with zero attached hydrogens (tertiary/aromatic N) is 2. The summed E-state index contributed by atoms with van der Waals surface area (Å²) in [6.07, 6.45) is 0. The molecule has 1 aromatic carbocycles. The number of ether oxygens (including phenoxy) is 1. The highest BCUT2D eigenvalue weighted by atomic mass is 16.5. The molecule has 0 saturated carbocycles. The third-order valence-electron chi connectivity index (χ3n) is 2.43. The molecule has 5 N–H and O–H groups in total. The third-order valence-corrected chi connectivity index (χ3v) is 2.43. The number of anilines is 3. The molecule has 1 aromatic heterocycles. The van der Waals surface area contributed by atoms with E-state index in [2.05, 4.69) is 15.3 Å². The summed E-state index contributed by atoms with van der Waals surface area (Å²) in [6.45, 7) is 3.15. The van der Waals surface area contributed by atoms with Gasteiger partial charge in [0.25, 0.3) is 0 Å². The Morgan fingerprint density at radius 2 is 2.05 bits per heavy atom. The van der Waals surface area contributed by atoms with Gasteiger partial charge in [-0.05, 0) is 24.6 Å². The summed E-state index contributed by atoms with van der Waals surface area (Å²) in [7, 11) is 0. The van der Waals surface area contributed by atoms with Crippen molar-refractivity contribution in [2.45, 2.75) is 6.92 Å². The Balaban J connectivity index is 1.80. The van der Waals surface area contributed by atoms with Crippen LogP contribution in [0, 0.1) is 6.92 Å². The lowest BCUT2D eigenvalue weighted by atomic mass is 10.2. The largest absolute Gasteiger partial charge is 0.492 e. The van der Waals surface area contributed by atoms with E-state index in [0.717, 1.165) is 5.75 Å². The summed E-state index contributed by atoms with van der Waals surface area (Å²) in [5.41, 5.74) is 12.2. The predicted octanol–water partition coefficient (Wildman–Crippen LogP) is 1.44. The number of nitrogens with one attached hydrogen (secondary N) is 1. The molecule has 0 unspecified atom stereocenters. The van der Waals surface area contributed by atoms with E-state index >= 15 is 0 Å². The fraction of sp³-hybridized carbons (Fsp3) is 0.231. The van der Waals surface area contributed by atoms with E-state index in [0.29, 0.717) is 24.8 Å².